The average Bonchev–Trinajstić information content (AvgIpc) is 3.45. The van der Waals surface area contributed by atoms with Crippen LogP contribution in [0.2, 0.25) is 5.15 Å². The van der Waals surface area contributed by atoms with Crippen molar-refractivity contribution in [1.29, 1.82) is 0 Å². The van der Waals surface area contributed by atoms with Crippen LogP contribution in [-0.2, 0) is 20.1 Å². The molecule has 0 spiro atoms. The van der Waals surface area contributed by atoms with Crippen LogP contribution in [0.3, 0.4) is 0 Å². The lowest BCUT2D eigenvalue weighted by molar-refractivity contribution is 0.0980. The monoisotopic (exact) mass is 654 g/mol. The van der Waals surface area contributed by atoms with E-state index in [1.165, 1.54) is 16.7 Å². The minimum atomic E-state index is -0.411. The molecule has 236 valence electrons. The zero-order chi connectivity index (χ0) is 32.7. The molecule has 1 unspecified atom stereocenters. The molecule has 5 aromatic rings. The molecule has 1 amide bonds. The third-order valence-corrected chi connectivity index (χ3v) is 9.03. The Hall–Kier alpha value is -4.61. The summed E-state index contributed by atoms with van der Waals surface area (Å²) in [4.78, 5) is 45.7. The number of pyridine rings is 2. The molecule has 0 fully saturated rings. The van der Waals surface area contributed by atoms with Gasteiger partial charge in [-0.05, 0) is 79.7 Å². The Morgan fingerprint density at radius 3 is 2.52 bits per heavy atom. The predicted molar refractivity (Wildman–Crippen MR) is 186 cm³/mol. The van der Waals surface area contributed by atoms with Crippen molar-refractivity contribution in [3.05, 3.63) is 110 Å². The number of fused-ring (bicyclic) bond motifs is 2. The van der Waals surface area contributed by atoms with Gasteiger partial charge in [0.05, 0.1) is 22.6 Å². The highest BCUT2D eigenvalue weighted by Crippen LogP contribution is 2.32. The number of benzene rings is 2. The Morgan fingerprint density at radius 2 is 1.78 bits per heavy atom. The van der Waals surface area contributed by atoms with Crippen LogP contribution in [-0.4, -0.2) is 39.5 Å². The van der Waals surface area contributed by atoms with E-state index in [0.29, 0.717) is 35.6 Å². The lowest BCUT2D eigenvalue weighted by Gasteiger charge is -2.23. The molecule has 0 aliphatic carbocycles. The van der Waals surface area contributed by atoms with E-state index >= 15 is 0 Å². The van der Waals surface area contributed by atoms with Gasteiger partial charge in [0.1, 0.15) is 11.0 Å². The Labute approximate surface area is 277 Å². The third kappa shape index (κ3) is 6.25. The molecule has 2 aromatic carbocycles. The van der Waals surface area contributed by atoms with Crippen LogP contribution in [0.4, 0.5) is 17.5 Å². The minimum Gasteiger partial charge on any atom is -0.377 e. The van der Waals surface area contributed by atoms with Crippen LogP contribution in [0.5, 0.6) is 0 Å². The molecule has 10 nitrogen and oxygen atoms in total. The number of nitrogens with one attached hydrogen (secondary N) is 2. The fraction of sp³-hybridized carbons (Fsp3) is 0.265. The number of rotatable bonds is 8. The first kappa shape index (κ1) is 31.4. The molecule has 0 saturated heterocycles. The van der Waals surface area contributed by atoms with Gasteiger partial charge in [-0.3, -0.25) is 18.9 Å². The van der Waals surface area contributed by atoms with E-state index in [9.17, 15) is 9.59 Å². The third-order valence-electron chi connectivity index (χ3n) is 8.05. The summed E-state index contributed by atoms with van der Waals surface area (Å²) in [5, 5.41) is 4.18. The van der Waals surface area contributed by atoms with Gasteiger partial charge in [-0.25, -0.2) is 15.0 Å². The van der Waals surface area contributed by atoms with Gasteiger partial charge in [-0.2, -0.15) is 0 Å². The molecule has 0 radical (unpaired) electrons. The first-order valence-electron chi connectivity index (χ1n) is 14.9. The zero-order valence-electron chi connectivity index (χ0n) is 26.6. The van der Waals surface area contributed by atoms with E-state index in [1.807, 2.05) is 57.1 Å². The zero-order valence-corrected chi connectivity index (χ0v) is 28.1. The van der Waals surface area contributed by atoms with Gasteiger partial charge in [-0.15, -0.1) is 0 Å². The maximum atomic E-state index is 13.7. The SMILES string of the molecule is Cc1ccc2c(c1)CN(c1nc3c(C(C)Nc4ccc(Cl)nc4C(=O)NSc4ccc(N(C)C)nc4)cc(C)cc3c(=O)n1C)C2. The van der Waals surface area contributed by atoms with Crippen LogP contribution in [0, 0.1) is 13.8 Å². The Morgan fingerprint density at radius 1 is 1.00 bits per heavy atom. The van der Waals surface area contributed by atoms with Gasteiger partial charge in [0.15, 0.2) is 5.69 Å². The normalized spacial score (nSPS) is 13.1. The lowest BCUT2D eigenvalue weighted by Crippen LogP contribution is -2.28. The molecule has 4 heterocycles. The summed E-state index contributed by atoms with van der Waals surface area (Å²) in [5.41, 5.74) is 6.62. The fourth-order valence-electron chi connectivity index (χ4n) is 5.71. The molecule has 2 N–H and O–H groups in total. The van der Waals surface area contributed by atoms with Crippen molar-refractivity contribution >= 4 is 57.8 Å². The van der Waals surface area contributed by atoms with E-state index in [0.717, 1.165) is 33.8 Å². The maximum absolute atomic E-state index is 13.7. The van der Waals surface area contributed by atoms with Crippen molar-refractivity contribution in [1.82, 2.24) is 24.2 Å². The summed E-state index contributed by atoms with van der Waals surface area (Å²) in [6.07, 6.45) is 1.70. The van der Waals surface area contributed by atoms with E-state index in [1.54, 1.807) is 29.9 Å². The van der Waals surface area contributed by atoms with E-state index in [2.05, 4.69) is 50.0 Å². The Balaban J connectivity index is 1.29. The highest BCUT2D eigenvalue weighted by molar-refractivity contribution is 7.98. The number of carbonyl (C=O) groups is 1. The van der Waals surface area contributed by atoms with Gasteiger partial charge < -0.3 is 15.1 Å². The summed E-state index contributed by atoms with van der Waals surface area (Å²) < 4.78 is 4.48. The van der Waals surface area contributed by atoms with Gasteiger partial charge in [0.2, 0.25) is 5.95 Å². The smallest absolute Gasteiger partial charge is 0.282 e. The van der Waals surface area contributed by atoms with Crippen molar-refractivity contribution < 1.29 is 4.79 Å². The summed E-state index contributed by atoms with van der Waals surface area (Å²) in [6, 6.07) is 17.2. The molecule has 3 aromatic heterocycles. The van der Waals surface area contributed by atoms with E-state index < -0.39 is 5.91 Å². The van der Waals surface area contributed by atoms with E-state index in [-0.39, 0.29) is 22.4 Å². The molecular formula is C34H35ClN8O2S. The largest absolute Gasteiger partial charge is 0.377 e. The number of carbonyl (C=O) groups excluding carboxylic acids is 1. The second-order valence-electron chi connectivity index (χ2n) is 11.8. The van der Waals surface area contributed by atoms with Gasteiger partial charge in [-0.1, -0.05) is 41.4 Å². The van der Waals surface area contributed by atoms with Crippen molar-refractivity contribution in [2.24, 2.45) is 7.05 Å². The summed E-state index contributed by atoms with van der Waals surface area (Å²) in [7, 11) is 5.61. The van der Waals surface area contributed by atoms with Crippen LogP contribution < -0.4 is 25.4 Å². The molecule has 1 atom stereocenters. The molecule has 12 heteroatoms. The number of halogens is 1. The van der Waals surface area contributed by atoms with Crippen LogP contribution in [0.15, 0.2) is 70.5 Å². The van der Waals surface area contributed by atoms with Gasteiger partial charge in [0.25, 0.3) is 11.5 Å². The molecule has 0 bridgehead atoms. The predicted octanol–water partition coefficient (Wildman–Crippen LogP) is 6.19. The Kier molecular flexibility index (Phi) is 8.63. The van der Waals surface area contributed by atoms with Crippen molar-refractivity contribution in [2.45, 2.75) is 44.8 Å². The van der Waals surface area contributed by atoms with Crippen molar-refractivity contribution in [2.75, 3.05) is 29.2 Å². The van der Waals surface area contributed by atoms with Crippen molar-refractivity contribution in [3.8, 4) is 0 Å². The fourth-order valence-corrected chi connectivity index (χ4v) is 6.40. The molecular weight excluding hydrogens is 620 g/mol. The quantitative estimate of drug-likeness (QED) is 0.150. The number of anilines is 3. The minimum absolute atomic E-state index is 0.109. The summed E-state index contributed by atoms with van der Waals surface area (Å²) in [6.45, 7) is 7.38. The maximum Gasteiger partial charge on any atom is 0.282 e. The standard InChI is InChI=1S/C34H35ClN8O2S/c1-19-7-8-22-17-43(18-23(22)13-19)34-39-30-25(14-20(2)15-26(30)33(45)42(34)6)21(3)37-27-10-11-28(35)38-31(27)32(44)40-46-24-9-12-29(36-16-24)41(4)5/h7-16,21,37H,17-18H2,1-6H3,(H,40,44). The molecule has 6 rings (SSSR count). The van der Waals surface area contributed by atoms with Gasteiger partial charge in [0, 0.05) is 50.9 Å². The number of nitrogens with zero attached hydrogens (tertiary/aromatic N) is 6. The number of hydrogen-bond acceptors (Lipinski definition) is 9. The average molecular weight is 655 g/mol. The molecule has 46 heavy (non-hydrogen) atoms. The number of aromatic nitrogens is 4. The number of hydrogen-bond donors (Lipinski definition) is 2. The highest BCUT2D eigenvalue weighted by atomic mass is 35.5. The second-order valence-corrected chi connectivity index (χ2v) is 13.1. The van der Waals surface area contributed by atoms with Crippen LogP contribution >= 0.6 is 23.5 Å². The van der Waals surface area contributed by atoms with Gasteiger partial charge >= 0.3 is 0 Å². The molecule has 0 saturated carbocycles. The highest BCUT2D eigenvalue weighted by Gasteiger charge is 2.25. The van der Waals surface area contributed by atoms with E-state index in [4.69, 9.17) is 16.6 Å². The topological polar surface area (TPSA) is 108 Å². The lowest BCUT2D eigenvalue weighted by atomic mass is 10.0. The summed E-state index contributed by atoms with van der Waals surface area (Å²) >= 11 is 7.39. The second kappa shape index (κ2) is 12.6. The Bertz CT molecular complexity index is 2030. The van der Waals surface area contributed by atoms with Crippen molar-refractivity contribution in [3.63, 3.8) is 0 Å². The molecule has 1 aliphatic rings. The first-order chi connectivity index (χ1) is 22.0. The molecule has 1 aliphatic heterocycles. The number of amides is 1. The summed E-state index contributed by atoms with van der Waals surface area (Å²) in [5.74, 6) is 1.02. The van der Waals surface area contributed by atoms with Crippen LogP contribution in [0.25, 0.3) is 10.9 Å². The van der Waals surface area contributed by atoms with Crippen LogP contribution in [0.1, 0.15) is 51.3 Å². The first-order valence-corrected chi connectivity index (χ1v) is 16.1. The number of aryl methyl sites for hydroxylation is 2.